The number of aromatic nitrogens is 2. The smallest absolute Gasteiger partial charge is 0.162 e. The van der Waals surface area contributed by atoms with Crippen molar-refractivity contribution >= 4 is 21.8 Å². The molecule has 0 saturated heterocycles. The molecular formula is C17H17FN4S. The molecule has 1 aliphatic heterocycles. The average molecular weight is 328 g/mol. The summed E-state index contributed by atoms with van der Waals surface area (Å²) in [5, 5.41) is 4.19. The molecule has 0 saturated carbocycles. The fraction of sp³-hybridized carbons (Fsp3) is 0.235. The van der Waals surface area contributed by atoms with Gasteiger partial charge in [-0.2, -0.15) is 0 Å². The molecule has 4 nitrogen and oxygen atoms in total. The van der Waals surface area contributed by atoms with Gasteiger partial charge in [-0.05, 0) is 30.7 Å². The van der Waals surface area contributed by atoms with E-state index < -0.39 is 0 Å². The predicted octanol–water partition coefficient (Wildman–Crippen LogP) is 3.73. The molecule has 0 amide bonds. The van der Waals surface area contributed by atoms with E-state index in [1.807, 2.05) is 12.1 Å². The Morgan fingerprint density at radius 3 is 2.96 bits per heavy atom. The van der Waals surface area contributed by atoms with E-state index in [-0.39, 0.29) is 5.82 Å². The highest BCUT2D eigenvalue weighted by molar-refractivity contribution is 8.21. The molecule has 0 spiro atoms. The van der Waals surface area contributed by atoms with E-state index in [1.165, 1.54) is 6.07 Å². The summed E-state index contributed by atoms with van der Waals surface area (Å²) < 4.78 is 13.9. The van der Waals surface area contributed by atoms with Crippen molar-refractivity contribution in [2.45, 2.75) is 13.3 Å². The number of nitrogens with one attached hydrogen (secondary N) is 1. The van der Waals surface area contributed by atoms with E-state index in [1.54, 1.807) is 36.2 Å². The molecule has 118 valence electrons. The normalized spacial score (nSPS) is 14.2. The third-order valence-electron chi connectivity index (χ3n) is 3.27. The summed E-state index contributed by atoms with van der Waals surface area (Å²) in [6.07, 6.45) is 4.73. The minimum absolute atomic E-state index is 0.318. The van der Waals surface area contributed by atoms with Crippen LogP contribution in [0.2, 0.25) is 0 Å². The van der Waals surface area contributed by atoms with E-state index >= 15 is 0 Å². The molecular weight excluding hydrogens is 311 g/mol. The molecule has 1 aromatic heterocycles. The Kier molecular flexibility index (Phi) is 5.02. The van der Waals surface area contributed by atoms with Gasteiger partial charge in [0.05, 0.1) is 17.8 Å². The molecule has 0 unspecified atom stereocenters. The minimum Gasteiger partial charge on any atom is -0.365 e. The van der Waals surface area contributed by atoms with Crippen molar-refractivity contribution in [3.05, 3.63) is 54.1 Å². The summed E-state index contributed by atoms with van der Waals surface area (Å²) in [6.45, 7) is 3.62. The standard InChI is InChI=1S/C17H17FN4S/c1-2-9-20-17-21-11-8-15(23-17)14-7-10-19-16(22-14)12-5-3-4-6-13(12)18/h3-8,10H,2,9,11H2,1H3,(H,20,21). The number of halogens is 1. The number of hydrogen-bond donors (Lipinski definition) is 1. The SMILES string of the molecule is CCCNC1=NCC=C(c2ccnc(-c3ccccc3F)n2)S1. The quantitative estimate of drug-likeness (QED) is 0.929. The Bertz CT molecular complexity index is 758. The number of nitrogens with zero attached hydrogens (tertiary/aromatic N) is 3. The number of amidine groups is 1. The average Bonchev–Trinajstić information content (AvgIpc) is 2.61. The highest BCUT2D eigenvalue weighted by Crippen LogP contribution is 2.30. The predicted molar refractivity (Wildman–Crippen MR) is 93.6 cm³/mol. The van der Waals surface area contributed by atoms with Crippen LogP contribution in [-0.2, 0) is 0 Å². The Hall–Kier alpha value is -2.21. The highest BCUT2D eigenvalue weighted by atomic mass is 32.2. The van der Waals surface area contributed by atoms with Crippen molar-refractivity contribution in [1.29, 1.82) is 0 Å². The number of hydrogen-bond acceptors (Lipinski definition) is 5. The first kappa shape index (κ1) is 15.7. The van der Waals surface area contributed by atoms with Gasteiger partial charge in [0.15, 0.2) is 11.0 Å². The van der Waals surface area contributed by atoms with Gasteiger partial charge in [-0.15, -0.1) is 0 Å². The maximum absolute atomic E-state index is 13.9. The topological polar surface area (TPSA) is 50.2 Å². The molecule has 3 rings (SSSR count). The van der Waals surface area contributed by atoms with Crippen molar-refractivity contribution < 1.29 is 4.39 Å². The van der Waals surface area contributed by atoms with Crippen molar-refractivity contribution in [3.8, 4) is 11.4 Å². The van der Waals surface area contributed by atoms with Crippen LogP contribution in [0.15, 0.2) is 47.6 Å². The summed E-state index contributed by atoms with van der Waals surface area (Å²) in [7, 11) is 0. The van der Waals surface area contributed by atoms with Gasteiger partial charge in [-0.1, -0.05) is 30.8 Å². The molecule has 1 N–H and O–H groups in total. The first-order chi connectivity index (χ1) is 11.3. The third kappa shape index (κ3) is 3.76. The highest BCUT2D eigenvalue weighted by Gasteiger charge is 2.14. The molecule has 1 aromatic carbocycles. The van der Waals surface area contributed by atoms with Crippen LogP contribution in [0, 0.1) is 5.82 Å². The summed E-state index contributed by atoms with van der Waals surface area (Å²) in [5.41, 5.74) is 1.20. The molecule has 0 aliphatic carbocycles. The zero-order valence-corrected chi connectivity index (χ0v) is 13.6. The molecule has 0 fully saturated rings. The van der Waals surface area contributed by atoms with Crippen molar-refractivity contribution in [2.24, 2.45) is 4.99 Å². The van der Waals surface area contributed by atoms with Gasteiger partial charge in [0.1, 0.15) is 5.82 Å². The first-order valence-electron chi connectivity index (χ1n) is 7.52. The monoisotopic (exact) mass is 328 g/mol. The number of benzene rings is 1. The van der Waals surface area contributed by atoms with Crippen LogP contribution in [0.5, 0.6) is 0 Å². The number of rotatable bonds is 4. The maximum Gasteiger partial charge on any atom is 0.162 e. The molecule has 2 heterocycles. The molecule has 0 atom stereocenters. The van der Waals surface area contributed by atoms with E-state index in [4.69, 9.17) is 0 Å². The summed E-state index contributed by atoms with van der Waals surface area (Å²) >= 11 is 1.55. The molecule has 23 heavy (non-hydrogen) atoms. The fourth-order valence-electron chi connectivity index (χ4n) is 2.14. The second-order valence-electron chi connectivity index (χ2n) is 4.99. The lowest BCUT2D eigenvalue weighted by Gasteiger charge is -2.15. The molecule has 0 radical (unpaired) electrons. The summed E-state index contributed by atoms with van der Waals surface area (Å²) in [5.74, 6) is 0.0782. The van der Waals surface area contributed by atoms with Crippen molar-refractivity contribution in [3.63, 3.8) is 0 Å². The number of aliphatic imine (C=N–C) groups is 1. The van der Waals surface area contributed by atoms with Crippen LogP contribution in [0.4, 0.5) is 4.39 Å². The van der Waals surface area contributed by atoms with Crippen LogP contribution >= 0.6 is 11.8 Å². The van der Waals surface area contributed by atoms with Gasteiger partial charge in [-0.3, -0.25) is 4.99 Å². The Morgan fingerprint density at radius 1 is 1.26 bits per heavy atom. The summed E-state index contributed by atoms with van der Waals surface area (Å²) in [4.78, 5) is 14.2. The zero-order chi connectivity index (χ0) is 16.1. The summed E-state index contributed by atoms with van der Waals surface area (Å²) in [6, 6.07) is 8.38. The van der Waals surface area contributed by atoms with Gasteiger partial charge in [0.25, 0.3) is 0 Å². The van der Waals surface area contributed by atoms with Crippen LogP contribution in [0.1, 0.15) is 19.0 Å². The van der Waals surface area contributed by atoms with E-state index in [9.17, 15) is 4.39 Å². The van der Waals surface area contributed by atoms with Gasteiger partial charge in [0.2, 0.25) is 0 Å². The van der Waals surface area contributed by atoms with Gasteiger partial charge >= 0.3 is 0 Å². The Morgan fingerprint density at radius 2 is 2.13 bits per heavy atom. The van der Waals surface area contributed by atoms with Crippen LogP contribution in [0.3, 0.4) is 0 Å². The van der Waals surface area contributed by atoms with E-state index in [0.29, 0.717) is 17.9 Å². The third-order valence-corrected chi connectivity index (χ3v) is 4.33. The lowest BCUT2D eigenvalue weighted by Crippen LogP contribution is -2.22. The largest absolute Gasteiger partial charge is 0.365 e. The lowest BCUT2D eigenvalue weighted by atomic mass is 10.2. The first-order valence-corrected chi connectivity index (χ1v) is 8.34. The Balaban J connectivity index is 1.83. The van der Waals surface area contributed by atoms with Crippen LogP contribution in [-0.4, -0.2) is 28.2 Å². The van der Waals surface area contributed by atoms with Crippen molar-refractivity contribution in [2.75, 3.05) is 13.1 Å². The molecule has 0 bridgehead atoms. The molecule has 2 aromatic rings. The van der Waals surface area contributed by atoms with Crippen LogP contribution < -0.4 is 5.32 Å². The van der Waals surface area contributed by atoms with Gasteiger partial charge in [0, 0.05) is 17.6 Å². The maximum atomic E-state index is 13.9. The second kappa shape index (κ2) is 7.37. The van der Waals surface area contributed by atoms with E-state index in [2.05, 4.69) is 27.2 Å². The van der Waals surface area contributed by atoms with Crippen LogP contribution in [0.25, 0.3) is 16.3 Å². The van der Waals surface area contributed by atoms with Crippen molar-refractivity contribution in [1.82, 2.24) is 15.3 Å². The second-order valence-corrected chi connectivity index (χ2v) is 6.02. The fourth-order valence-corrected chi connectivity index (χ4v) is 3.04. The van der Waals surface area contributed by atoms with Gasteiger partial charge < -0.3 is 5.32 Å². The van der Waals surface area contributed by atoms with Gasteiger partial charge in [-0.25, -0.2) is 14.4 Å². The molecule has 6 heteroatoms. The van der Waals surface area contributed by atoms with E-state index in [0.717, 1.165) is 28.7 Å². The molecule has 1 aliphatic rings. The minimum atomic E-state index is -0.318. The Labute approximate surface area is 139 Å². The zero-order valence-electron chi connectivity index (χ0n) is 12.8. The number of thioether (sulfide) groups is 1. The lowest BCUT2D eigenvalue weighted by molar-refractivity contribution is 0.630.